The highest BCUT2D eigenvalue weighted by molar-refractivity contribution is 7.09. The second kappa shape index (κ2) is 6.16. The van der Waals surface area contributed by atoms with E-state index in [4.69, 9.17) is 0 Å². The Morgan fingerprint density at radius 2 is 2.05 bits per heavy atom. The molecule has 0 fully saturated rings. The van der Waals surface area contributed by atoms with Crippen molar-refractivity contribution in [2.45, 2.75) is 18.9 Å². The number of thiophene rings is 1. The molecule has 0 amide bonds. The van der Waals surface area contributed by atoms with E-state index >= 15 is 0 Å². The van der Waals surface area contributed by atoms with Crippen LogP contribution >= 0.6 is 11.3 Å². The van der Waals surface area contributed by atoms with Crippen LogP contribution in [0.15, 0.2) is 54.0 Å². The maximum atomic E-state index is 4.62. The van der Waals surface area contributed by atoms with Crippen LogP contribution in [0.25, 0.3) is 10.8 Å². The number of aryl methyl sites for hydroxylation is 1. The molecular formula is C17H18N2S. The number of hydrogen-bond donors (Lipinski definition) is 1. The van der Waals surface area contributed by atoms with Gasteiger partial charge in [-0.15, -0.1) is 11.3 Å². The number of pyridine rings is 1. The van der Waals surface area contributed by atoms with Gasteiger partial charge < -0.3 is 5.32 Å². The Morgan fingerprint density at radius 1 is 1.15 bits per heavy atom. The van der Waals surface area contributed by atoms with Gasteiger partial charge in [0.15, 0.2) is 0 Å². The van der Waals surface area contributed by atoms with Crippen molar-refractivity contribution >= 4 is 22.1 Å². The Kier molecular flexibility index (Phi) is 4.09. The van der Waals surface area contributed by atoms with Crippen molar-refractivity contribution in [2.24, 2.45) is 0 Å². The summed E-state index contributed by atoms with van der Waals surface area (Å²) in [6.07, 6.45) is 4.07. The zero-order valence-electron chi connectivity index (χ0n) is 11.5. The van der Waals surface area contributed by atoms with Crippen LogP contribution in [0.4, 0.5) is 0 Å². The highest BCUT2D eigenvalue weighted by Gasteiger charge is 2.14. The molecule has 0 aliphatic heterocycles. The molecule has 2 aromatic heterocycles. The molecule has 1 N–H and O–H groups in total. The molecule has 0 saturated heterocycles. The van der Waals surface area contributed by atoms with E-state index in [-0.39, 0.29) is 0 Å². The van der Waals surface area contributed by atoms with Gasteiger partial charge in [-0.1, -0.05) is 30.3 Å². The Balaban J connectivity index is 1.87. The quantitative estimate of drug-likeness (QED) is 0.759. The zero-order chi connectivity index (χ0) is 13.8. The second-order valence-corrected chi connectivity index (χ2v) is 5.91. The lowest BCUT2D eigenvalue weighted by molar-refractivity contribution is 0.542. The van der Waals surface area contributed by atoms with E-state index in [0.29, 0.717) is 6.04 Å². The normalized spacial score (nSPS) is 12.7. The van der Waals surface area contributed by atoms with Crippen LogP contribution in [0.3, 0.4) is 0 Å². The van der Waals surface area contributed by atoms with Crippen LogP contribution in [0.5, 0.6) is 0 Å². The van der Waals surface area contributed by atoms with Crippen LogP contribution in [-0.4, -0.2) is 12.0 Å². The van der Waals surface area contributed by atoms with E-state index < -0.39 is 0 Å². The molecule has 1 aromatic carbocycles. The molecule has 2 heterocycles. The Morgan fingerprint density at radius 3 is 2.85 bits per heavy atom. The Bertz CT molecular complexity index is 671. The maximum Gasteiger partial charge on any atom is 0.0651 e. The largest absolute Gasteiger partial charge is 0.312 e. The van der Waals surface area contributed by atoms with Crippen molar-refractivity contribution in [1.29, 1.82) is 0 Å². The number of hydrogen-bond acceptors (Lipinski definition) is 3. The maximum absolute atomic E-state index is 4.62. The SMILES string of the molecule is CNC(CCc1cccs1)c1nccc2ccccc12. The number of benzene rings is 1. The van der Waals surface area contributed by atoms with Gasteiger partial charge in [-0.3, -0.25) is 4.98 Å². The molecular weight excluding hydrogens is 264 g/mol. The summed E-state index contributed by atoms with van der Waals surface area (Å²) >= 11 is 1.83. The molecule has 3 rings (SSSR count). The van der Waals surface area contributed by atoms with Crippen LogP contribution < -0.4 is 5.32 Å². The lowest BCUT2D eigenvalue weighted by atomic mass is 10.0. The molecule has 102 valence electrons. The molecule has 0 bridgehead atoms. The van der Waals surface area contributed by atoms with Crippen molar-refractivity contribution < 1.29 is 0 Å². The minimum Gasteiger partial charge on any atom is -0.312 e. The Hall–Kier alpha value is -1.71. The number of fused-ring (bicyclic) bond motifs is 1. The Labute approximate surface area is 123 Å². The minimum absolute atomic E-state index is 0.295. The van der Waals surface area contributed by atoms with Gasteiger partial charge >= 0.3 is 0 Å². The molecule has 1 atom stereocenters. The van der Waals surface area contributed by atoms with Gasteiger partial charge in [-0.05, 0) is 42.8 Å². The van der Waals surface area contributed by atoms with Crippen LogP contribution in [-0.2, 0) is 6.42 Å². The van der Waals surface area contributed by atoms with Gasteiger partial charge in [0.2, 0.25) is 0 Å². The monoisotopic (exact) mass is 282 g/mol. The summed E-state index contributed by atoms with van der Waals surface area (Å²) in [5.41, 5.74) is 1.15. The molecule has 0 radical (unpaired) electrons. The third-order valence-corrected chi connectivity index (χ3v) is 4.58. The van der Waals surface area contributed by atoms with E-state index in [1.54, 1.807) is 0 Å². The highest BCUT2D eigenvalue weighted by Crippen LogP contribution is 2.25. The number of rotatable bonds is 5. The van der Waals surface area contributed by atoms with Gasteiger partial charge in [-0.25, -0.2) is 0 Å². The predicted octanol–water partition coefficient (Wildman–Crippen LogP) is 4.19. The van der Waals surface area contributed by atoms with E-state index in [2.05, 4.69) is 58.1 Å². The van der Waals surface area contributed by atoms with Crippen molar-refractivity contribution in [2.75, 3.05) is 7.05 Å². The van der Waals surface area contributed by atoms with E-state index in [1.807, 2.05) is 24.6 Å². The van der Waals surface area contributed by atoms with Gasteiger partial charge in [0.05, 0.1) is 11.7 Å². The smallest absolute Gasteiger partial charge is 0.0651 e. The molecule has 1 unspecified atom stereocenters. The summed E-state index contributed by atoms with van der Waals surface area (Å²) in [6, 6.07) is 15.2. The van der Waals surface area contributed by atoms with Gasteiger partial charge in [0.1, 0.15) is 0 Å². The number of nitrogens with one attached hydrogen (secondary N) is 1. The lowest BCUT2D eigenvalue weighted by Gasteiger charge is -2.17. The van der Waals surface area contributed by atoms with Crippen LogP contribution in [0.1, 0.15) is 23.0 Å². The molecule has 3 aromatic rings. The molecule has 3 heteroatoms. The predicted molar refractivity (Wildman–Crippen MR) is 86.2 cm³/mol. The fraction of sp³-hybridized carbons (Fsp3) is 0.235. The average molecular weight is 282 g/mol. The first kappa shape index (κ1) is 13.3. The average Bonchev–Trinajstić information content (AvgIpc) is 3.01. The van der Waals surface area contributed by atoms with Gasteiger partial charge in [-0.2, -0.15) is 0 Å². The summed E-state index contributed by atoms with van der Waals surface area (Å²) in [4.78, 5) is 6.05. The molecule has 0 aliphatic carbocycles. The molecule has 2 nitrogen and oxygen atoms in total. The van der Waals surface area contributed by atoms with Gasteiger partial charge in [0.25, 0.3) is 0 Å². The summed E-state index contributed by atoms with van der Waals surface area (Å²) in [5, 5.41) is 8.06. The standard InChI is InChI=1S/C17H18N2S/c1-18-16(9-8-14-6-4-12-20-14)17-15-7-3-2-5-13(15)10-11-19-17/h2-7,10-12,16,18H,8-9H2,1H3. The van der Waals surface area contributed by atoms with Crippen molar-refractivity contribution in [3.8, 4) is 0 Å². The summed E-state index contributed by atoms with van der Waals surface area (Å²) in [6.45, 7) is 0. The fourth-order valence-electron chi connectivity index (χ4n) is 2.58. The minimum atomic E-state index is 0.295. The van der Waals surface area contributed by atoms with Crippen LogP contribution in [0.2, 0.25) is 0 Å². The van der Waals surface area contributed by atoms with Crippen LogP contribution in [0, 0.1) is 0 Å². The molecule has 0 saturated carbocycles. The number of nitrogens with zero attached hydrogens (tertiary/aromatic N) is 1. The third kappa shape index (κ3) is 2.74. The first-order chi connectivity index (χ1) is 9.88. The third-order valence-electron chi connectivity index (χ3n) is 3.64. The number of aromatic nitrogens is 1. The fourth-order valence-corrected chi connectivity index (χ4v) is 3.30. The molecule has 0 aliphatic rings. The van der Waals surface area contributed by atoms with Gasteiger partial charge in [0, 0.05) is 16.5 Å². The highest BCUT2D eigenvalue weighted by atomic mass is 32.1. The van der Waals surface area contributed by atoms with Crippen molar-refractivity contribution in [3.05, 3.63) is 64.6 Å². The first-order valence-electron chi connectivity index (χ1n) is 6.92. The summed E-state index contributed by atoms with van der Waals surface area (Å²) < 4.78 is 0. The van der Waals surface area contributed by atoms with E-state index in [1.165, 1.54) is 15.6 Å². The second-order valence-electron chi connectivity index (χ2n) is 4.88. The molecule has 0 spiro atoms. The van der Waals surface area contributed by atoms with E-state index in [9.17, 15) is 0 Å². The van der Waals surface area contributed by atoms with Crippen molar-refractivity contribution in [1.82, 2.24) is 10.3 Å². The summed E-state index contributed by atoms with van der Waals surface area (Å²) in [5.74, 6) is 0. The van der Waals surface area contributed by atoms with E-state index in [0.717, 1.165) is 18.5 Å². The molecule has 20 heavy (non-hydrogen) atoms. The zero-order valence-corrected chi connectivity index (χ0v) is 12.4. The lowest BCUT2D eigenvalue weighted by Crippen LogP contribution is -2.18. The topological polar surface area (TPSA) is 24.9 Å². The summed E-state index contributed by atoms with van der Waals surface area (Å²) in [7, 11) is 2.02. The first-order valence-corrected chi connectivity index (χ1v) is 7.80. The van der Waals surface area contributed by atoms with Crippen molar-refractivity contribution in [3.63, 3.8) is 0 Å².